The van der Waals surface area contributed by atoms with E-state index in [9.17, 15) is 4.79 Å². The van der Waals surface area contributed by atoms with Gasteiger partial charge in [-0.3, -0.25) is 9.20 Å². The fourth-order valence-corrected chi connectivity index (χ4v) is 3.52. The number of aromatic nitrogens is 2. The third kappa shape index (κ3) is 1.82. The number of hydrogen-bond acceptors (Lipinski definition) is 4. The second-order valence-electron chi connectivity index (χ2n) is 4.88. The maximum Gasteiger partial charge on any atom is 0.196 e. The highest BCUT2D eigenvalue weighted by Gasteiger charge is 2.26. The SMILES string of the molecule is CCCC1CCN(c2nc3sccn3c2C=O)C1. The largest absolute Gasteiger partial charge is 0.354 e. The molecule has 0 amide bonds. The van der Waals surface area contributed by atoms with Crippen LogP contribution in [0.3, 0.4) is 0 Å². The molecular formula is C13H17N3OS. The molecule has 3 rings (SSSR count). The van der Waals surface area contributed by atoms with Crippen LogP contribution in [0.1, 0.15) is 36.7 Å². The summed E-state index contributed by atoms with van der Waals surface area (Å²) in [4.78, 5) is 19.1. The Bertz CT molecular complexity index is 560. The highest BCUT2D eigenvalue weighted by atomic mass is 32.1. The van der Waals surface area contributed by atoms with Crippen LogP contribution < -0.4 is 4.90 Å². The molecule has 96 valence electrons. The minimum Gasteiger partial charge on any atom is -0.354 e. The van der Waals surface area contributed by atoms with Crippen molar-refractivity contribution in [3.8, 4) is 0 Å². The summed E-state index contributed by atoms with van der Waals surface area (Å²) < 4.78 is 1.89. The molecule has 1 aliphatic rings. The molecule has 4 nitrogen and oxygen atoms in total. The van der Waals surface area contributed by atoms with Gasteiger partial charge in [0, 0.05) is 24.7 Å². The Morgan fingerprint density at radius 1 is 1.61 bits per heavy atom. The van der Waals surface area contributed by atoms with Crippen LogP contribution in [-0.2, 0) is 0 Å². The smallest absolute Gasteiger partial charge is 0.196 e. The van der Waals surface area contributed by atoms with Gasteiger partial charge in [-0.15, -0.1) is 11.3 Å². The van der Waals surface area contributed by atoms with Crippen molar-refractivity contribution < 1.29 is 4.79 Å². The van der Waals surface area contributed by atoms with Crippen LogP contribution in [0.15, 0.2) is 11.6 Å². The van der Waals surface area contributed by atoms with Gasteiger partial charge in [0.1, 0.15) is 5.69 Å². The Morgan fingerprint density at radius 2 is 2.50 bits per heavy atom. The Hall–Kier alpha value is -1.36. The number of carbonyl (C=O) groups is 1. The third-order valence-electron chi connectivity index (χ3n) is 3.67. The van der Waals surface area contributed by atoms with Crippen LogP contribution in [0.4, 0.5) is 5.82 Å². The molecule has 2 aromatic rings. The standard InChI is InChI=1S/C13H17N3OS/c1-2-3-10-4-5-15(8-10)12-11(9-17)16-6-7-18-13(16)14-12/h6-7,9-10H,2-5,8H2,1H3. The number of fused-ring (bicyclic) bond motifs is 1. The second kappa shape index (κ2) is 4.72. The van der Waals surface area contributed by atoms with E-state index >= 15 is 0 Å². The van der Waals surface area contributed by atoms with Crippen molar-refractivity contribution in [3.63, 3.8) is 0 Å². The van der Waals surface area contributed by atoms with Gasteiger partial charge in [0.15, 0.2) is 17.1 Å². The van der Waals surface area contributed by atoms with E-state index in [1.165, 1.54) is 19.3 Å². The molecule has 18 heavy (non-hydrogen) atoms. The molecule has 2 aromatic heterocycles. The van der Waals surface area contributed by atoms with Gasteiger partial charge in [-0.05, 0) is 18.8 Å². The minimum absolute atomic E-state index is 0.698. The van der Waals surface area contributed by atoms with Crippen LogP contribution in [0, 0.1) is 5.92 Å². The fraction of sp³-hybridized carbons (Fsp3) is 0.538. The van der Waals surface area contributed by atoms with Crippen molar-refractivity contribution in [1.82, 2.24) is 9.38 Å². The van der Waals surface area contributed by atoms with Crippen LogP contribution >= 0.6 is 11.3 Å². The number of hydrogen-bond donors (Lipinski definition) is 0. The Balaban J connectivity index is 1.90. The summed E-state index contributed by atoms with van der Waals surface area (Å²) >= 11 is 1.57. The predicted molar refractivity (Wildman–Crippen MR) is 73.7 cm³/mol. The maximum atomic E-state index is 11.3. The van der Waals surface area contributed by atoms with E-state index < -0.39 is 0 Å². The third-order valence-corrected chi connectivity index (χ3v) is 4.43. The second-order valence-corrected chi connectivity index (χ2v) is 5.76. The van der Waals surface area contributed by atoms with Gasteiger partial charge < -0.3 is 4.90 Å². The first-order valence-electron chi connectivity index (χ1n) is 6.49. The van der Waals surface area contributed by atoms with E-state index in [0.29, 0.717) is 5.69 Å². The van der Waals surface area contributed by atoms with Crippen LogP contribution in [-0.4, -0.2) is 28.8 Å². The van der Waals surface area contributed by atoms with Crippen LogP contribution in [0.2, 0.25) is 0 Å². The zero-order valence-corrected chi connectivity index (χ0v) is 11.3. The minimum atomic E-state index is 0.698. The molecule has 0 aromatic carbocycles. The molecular weight excluding hydrogens is 246 g/mol. The first kappa shape index (κ1) is 11.7. The molecule has 1 unspecified atom stereocenters. The molecule has 0 saturated carbocycles. The fourth-order valence-electron chi connectivity index (χ4n) is 2.80. The van der Waals surface area contributed by atoms with E-state index in [4.69, 9.17) is 0 Å². The van der Waals surface area contributed by atoms with Crippen LogP contribution in [0.5, 0.6) is 0 Å². The molecule has 1 aliphatic heterocycles. The van der Waals surface area contributed by atoms with E-state index in [2.05, 4.69) is 16.8 Å². The zero-order chi connectivity index (χ0) is 12.5. The number of anilines is 1. The molecule has 0 radical (unpaired) electrons. The van der Waals surface area contributed by atoms with Gasteiger partial charge in [-0.25, -0.2) is 4.98 Å². The molecule has 0 N–H and O–H groups in total. The molecule has 0 aliphatic carbocycles. The van der Waals surface area contributed by atoms with Gasteiger partial charge in [-0.2, -0.15) is 0 Å². The lowest BCUT2D eigenvalue weighted by Crippen LogP contribution is -2.21. The lowest BCUT2D eigenvalue weighted by Gasteiger charge is -2.16. The number of thiazole rings is 1. The normalized spacial score (nSPS) is 19.8. The van der Waals surface area contributed by atoms with Gasteiger partial charge in [-0.1, -0.05) is 13.3 Å². The van der Waals surface area contributed by atoms with Gasteiger partial charge in [0.25, 0.3) is 0 Å². The molecule has 1 saturated heterocycles. The summed E-state index contributed by atoms with van der Waals surface area (Å²) in [5.74, 6) is 1.63. The van der Waals surface area contributed by atoms with Gasteiger partial charge in [0.05, 0.1) is 0 Å². The molecule has 1 atom stereocenters. The number of imidazole rings is 1. The van der Waals surface area contributed by atoms with Crippen molar-refractivity contribution >= 4 is 28.4 Å². The number of nitrogens with zero attached hydrogens (tertiary/aromatic N) is 3. The summed E-state index contributed by atoms with van der Waals surface area (Å²) in [5.41, 5.74) is 0.698. The maximum absolute atomic E-state index is 11.3. The van der Waals surface area contributed by atoms with Crippen molar-refractivity contribution in [1.29, 1.82) is 0 Å². The average molecular weight is 263 g/mol. The Morgan fingerprint density at radius 3 is 3.28 bits per heavy atom. The number of aldehydes is 1. The summed E-state index contributed by atoms with van der Waals surface area (Å²) in [5, 5.41) is 1.96. The Kier molecular flexibility index (Phi) is 3.07. The van der Waals surface area contributed by atoms with Gasteiger partial charge in [0.2, 0.25) is 0 Å². The Labute approximate surface area is 110 Å². The van der Waals surface area contributed by atoms with E-state index in [1.54, 1.807) is 11.3 Å². The molecule has 0 spiro atoms. The van der Waals surface area contributed by atoms with E-state index in [-0.39, 0.29) is 0 Å². The predicted octanol–water partition coefficient (Wildman–Crippen LogP) is 2.83. The number of carbonyl (C=O) groups excluding carboxylic acids is 1. The first-order chi connectivity index (χ1) is 8.83. The summed E-state index contributed by atoms with van der Waals surface area (Å²) in [6.45, 7) is 4.29. The zero-order valence-electron chi connectivity index (χ0n) is 10.5. The van der Waals surface area contributed by atoms with Crippen LogP contribution in [0.25, 0.3) is 4.96 Å². The average Bonchev–Trinajstić information content (AvgIpc) is 3.01. The van der Waals surface area contributed by atoms with Gasteiger partial charge >= 0.3 is 0 Å². The quantitative estimate of drug-likeness (QED) is 0.796. The summed E-state index contributed by atoms with van der Waals surface area (Å²) in [7, 11) is 0. The lowest BCUT2D eigenvalue weighted by atomic mass is 10.0. The highest BCUT2D eigenvalue weighted by molar-refractivity contribution is 7.15. The monoisotopic (exact) mass is 263 g/mol. The summed E-state index contributed by atoms with van der Waals surface area (Å²) in [6.07, 6.45) is 6.57. The molecule has 0 bridgehead atoms. The number of rotatable bonds is 4. The topological polar surface area (TPSA) is 37.6 Å². The van der Waals surface area contributed by atoms with Crippen molar-refractivity contribution in [3.05, 3.63) is 17.3 Å². The van der Waals surface area contributed by atoms with Crippen molar-refractivity contribution in [2.75, 3.05) is 18.0 Å². The molecule has 3 heterocycles. The van der Waals surface area contributed by atoms with E-state index in [1.807, 2.05) is 16.0 Å². The first-order valence-corrected chi connectivity index (χ1v) is 7.37. The highest BCUT2D eigenvalue weighted by Crippen LogP contribution is 2.29. The van der Waals surface area contributed by atoms with E-state index in [0.717, 1.165) is 36.1 Å². The van der Waals surface area contributed by atoms with Crippen molar-refractivity contribution in [2.24, 2.45) is 5.92 Å². The molecule has 1 fully saturated rings. The summed E-state index contributed by atoms with van der Waals surface area (Å²) in [6, 6.07) is 0. The lowest BCUT2D eigenvalue weighted by molar-refractivity contribution is 0.111. The molecule has 5 heteroatoms. The van der Waals surface area contributed by atoms with Crippen molar-refractivity contribution in [2.45, 2.75) is 26.2 Å².